The van der Waals surface area contributed by atoms with Crippen molar-refractivity contribution in [2.75, 3.05) is 39.7 Å². The maximum Gasteiger partial charge on any atom is 0.337 e. The first kappa shape index (κ1) is 26.8. The lowest BCUT2D eigenvalue weighted by atomic mass is 10.1. The third-order valence-electron chi connectivity index (χ3n) is 5.57. The molecule has 9 nitrogen and oxygen atoms in total. The van der Waals surface area contributed by atoms with Crippen molar-refractivity contribution in [1.82, 2.24) is 4.72 Å². The highest BCUT2D eigenvalue weighted by Crippen LogP contribution is 2.27. The molecule has 3 rings (SSSR count). The van der Waals surface area contributed by atoms with Gasteiger partial charge in [-0.1, -0.05) is 18.2 Å². The molecule has 0 amide bonds. The van der Waals surface area contributed by atoms with Crippen LogP contribution in [-0.4, -0.2) is 53.9 Å². The summed E-state index contributed by atoms with van der Waals surface area (Å²) in [6, 6.07) is 17.0. The maximum atomic E-state index is 12.8. The molecule has 0 aromatic heterocycles. The van der Waals surface area contributed by atoms with Crippen LogP contribution in [0, 0.1) is 0 Å². The van der Waals surface area contributed by atoms with E-state index < -0.39 is 16.0 Å². The van der Waals surface area contributed by atoms with Crippen molar-refractivity contribution >= 4 is 21.7 Å². The number of carbonyl (C=O) groups is 1. The molecule has 0 spiro atoms. The van der Waals surface area contributed by atoms with E-state index >= 15 is 0 Å². The third kappa shape index (κ3) is 6.89. The molecule has 0 saturated heterocycles. The summed E-state index contributed by atoms with van der Waals surface area (Å²) in [5.41, 5.74) is 2.14. The smallest absolute Gasteiger partial charge is 0.337 e. The van der Waals surface area contributed by atoms with Crippen LogP contribution in [0.1, 0.15) is 21.5 Å². The fourth-order valence-corrected chi connectivity index (χ4v) is 4.66. The van der Waals surface area contributed by atoms with Crippen molar-refractivity contribution in [1.29, 1.82) is 0 Å². The fourth-order valence-electron chi connectivity index (χ4n) is 3.60. The summed E-state index contributed by atoms with van der Waals surface area (Å²) in [6.45, 7) is 0.602. The fraction of sp³-hybridized carbons (Fsp3) is 0.269. The van der Waals surface area contributed by atoms with Gasteiger partial charge in [0.1, 0.15) is 5.75 Å². The van der Waals surface area contributed by atoms with E-state index in [9.17, 15) is 18.3 Å². The molecule has 0 heterocycles. The summed E-state index contributed by atoms with van der Waals surface area (Å²) in [5.74, 6) is 0.679. The van der Waals surface area contributed by atoms with E-state index in [2.05, 4.69) is 10.0 Å². The zero-order valence-corrected chi connectivity index (χ0v) is 21.2. The SMILES string of the molecule is COc1ccc(CCNc2ccc(S(=O)(=O)NCCc3ccc(OC)c(OC)c3)cc2C(=O)O)cc1. The molecule has 36 heavy (non-hydrogen) atoms. The molecule has 3 N–H and O–H groups in total. The predicted octanol–water partition coefficient (Wildman–Crippen LogP) is 3.59. The van der Waals surface area contributed by atoms with Crippen molar-refractivity contribution in [2.45, 2.75) is 17.7 Å². The average Bonchev–Trinajstić information content (AvgIpc) is 2.88. The van der Waals surface area contributed by atoms with E-state index in [1.165, 1.54) is 19.2 Å². The third-order valence-corrected chi connectivity index (χ3v) is 7.03. The quantitative estimate of drug-likeness (QED) is 0.316. The number of hydrogen-bond acceptors (Lipinski definition) is 7. The molecule has 0 bridgehead atoms. The van der Waals surface area contributed by atoms with E-state index in [-0.39, 0.29) is 17.0 Å². The number of anilines is 1. The van der Waals surface area contributed by atoms with Gasteiger partial charge in [-0.3, -0.25) is 0 Å². The minimum atomic E-state index is -3.91. The molecule has 3 aromatic rings. The van der Waals surface area contributed by atoms with E-state index in [0.717, 1.165) is 22.9 Å². The highest BCUT2D eigenvalue weighted by molar-refractivity contribution is 7.89. The lowest BCUT2D eigenvalue weighted by molar-refractivity contribution is 0.0697. The summed E-state index contributed by atoms with van der Waals surface area (Å²) in [4.78, 5) is 11.7. The highest BCUT2D eigenvalue weighted by Gasteiger charge is 2.19. The number of sulfonamides is 1. The van der Waals surface area contributed by atoms with Crippen LogP contribution in [0.25, 0.3) is 0 Å². The van der Waals surface area contributed by atoms with Crippen LogP contribution in [-0.2, 0) is 22.9 Å². The Labute approximate surface area is 211 Å². The number of ether oxygens (including phenoxy) is 3. The minimum Gasteiger partial charge on any atom is -0.497 e. The Hall–Kier alpha value is -3.76. The van der Waals surface area contributed by atoms with Gasteiger partial charge in [-0.2, -0.15) is 0 Å². The normalized spacial score (nSPS) is 11.1. The Balaban J connectivity index is 1.64. The number of carboxylic acid groups (broad SMARTS) is 1. The van der Waals surface area contributed by atoms with Crippen molar-refractivity contribution in [3.63, 3.8) is 0 Å². The number of hydrogen-bond donors (Lipinski definition) is 3. The van der Waals surface area contributed by atoms with Crippen molar-refractivity contribution < 1.29 is 32.5 Å². The molecule has 192 valence electrons. The standard InChI is InChI=1S/C26H30N2O7S/c1-33-20-7-4-18(5-8-20)12-14-27-23-10-9-21(17-22(23)26(29)30)36(31,32)28-15-13-19-6-11-24(34-2)25(16-19)35-3/h4-11,16-17,27-28H,12-15H2,1-3H3,(H,29,30). The van der Waals surface area contributed by atoms with Crippen LogP contribution >= 0.6 is 0 Å². The summed E-state index contributed by atoms with van der Waals surface area (Å²) >= 11 is 0. The first-order valence-corrected chi connectivity index (χ1v) is 12.7. The van der Waals surface area contributed by atoms with Crippen LogP contribution in [0.2, 0.25) is 0 Å². The Bertz CT molecular complexity index is 1290. The van der Waals surface area contributed by atoms with E-state index in [1.807, 2.05) is 30.3 Å². The molecular formula is C26H30N2O7S. The molecule has 0 saturated carbocycles. The van der Waals surface area contributed by atoms with E-state index in [1.54, 1.807) is 26.4 Å². The molecule has 0 unspecified atom stereocenters. The van der Waals surface area contributed by atoms with E-state index in [0.29, 0.717) is 36.6 Å². The Morgan fingerprint density at radius 1 is 0.806 bits per heavy atom. The van der Waals surface area contributed by atoms with Crippen LogP contribution in [0.15, 0.2) is 65.6 Å². The molecule has 3 aromatic carbocycles. The molecule has 10 heteroatoms. The lowest BCUT2D eigenvalue weighted by Crippen LogP contribution is -2.26. The Kier molecular flexibility index (Phi) is 9.15. The Morgan fingerprint density at radius 2 is 1.47 bits per heavy atom. The minimum absolute atomic E-state index is 0.118. The molecule has 0 radical (unpaired) electrons. The summed E-state index contributed by atoms with van der Waals surface area (Å²) in [5, 5.41) is 12.7. The van der Waals surface area contributed by atoms with Gasteiger partial charge < -0.3 is 24.6 Å². The number of rotatable bonds is 13. The Morgan fingerprint density at radius 3 is 2.11 bits per heavy atom. The molecular weight excluding hydrogens is 484 g/mol. The van der Waals surface area contributed by atoms with Gasteiger partial charge in [0.25, 0.3) is 0 Å². The van der Waals surface area contributed by atoms with Gasteiger partial charge in [0.15, 0.2) is 11.5 Å². The maximum absolute atomic E-state index is 12.8. The summed E-state index contributed by atoms with van der Waals surface area (Å²) in [7, 11) is 0.758. The molecule has 0 aliphatic heterocycles. The van der Waals surface area contributed by atoms with Crippen molar-refractivity contribution in [3.8, 4) is 17.2 Å². The molecule has 0 aliphatic rings. The van der Waals surface area contributed by atoms with Crippen molar-refractivity contribution in [3.05, 3.63) is 77.4 Å². The monoisotopic (exact) mass is 514 g/mol. The highest BCUT2D eigenvalue weighted by atomic mass is 32.2. The van der Waals surface area contributed by atoms with Gasteiger partial charge in [-0.05, 0) is 66.4 Å². The molecule has 0 aliphatic carbocycles. The largest absolute Gasteiger partial charge is 0.497 e. The van der Waals surface area contributed by atoms with Gasteiger partial charge in [0.05, 0.1) is 31.8 Å². The number of benzene rings is 3. The van der Waals surface area contributed by atoms with Gasteiger partial charge in [0, 0.05) is 18.8 Å². The average molecular weight is 515 g/mol. The molecule has 0 atom stereocenters. The summed E-state index contributed by atoms with van der Waals surface area (Å²) in [6.07, 6.45) is 1.07. The number of aromatic carboxylic acids is 1. The lowest BCUT2D eigenvalue weighted by Gasteiger charge is -2.13. The zero-order valence-electron chi connectivity index (χ0n) is 20.4. The zero-order chi connectivity index (χ0) is 26.1. The van der Waals surface area contributed by atoms with Gasteiger partial charge in [-0.25, -0.2) is 17.9 Å². The number of methoxy groups -OCH3 is 3. The second-order valence-electron chi connectivity index (χ2n) is 7.87. The van der Waals surface area contributed by atoms with Gasteiger partial charge in [-0.15, -0.1) is 0 Å². The number of carboxylic acids is 1. The molecule has 0 fully saturated rings. The van der Waals surface area contributed by atoms with Crippen LogP contribution < -0.4 is 24.2 Å². The second kappa shape index (κ2) is 12.3. The first-order valence-electron chi connectivity index (χ1n) is 11.2. The van der Waals surface area contributed by atoms with Crippen LogP contribution in [0.4, 0.5) is 5.69 Å². The summed E-state index contributed by atoms with van der Waals surface area (Å²) < 4.78 is 43.8. The second-order valence-corrected chi connectivity index (χ2v) is 9.64. The van der Waals surface area contributed by atoms with Gasteiger partial charge in [0.2, 0.25) is 10.0 Å². The topological polar surface area (TPSA) is 123 Å². The van der Waals surface area contributed by atoms with Crippen molar-refractivity contribution in [2.24, 2.45) is 0 Å². The predicted molar refractivity (Wildman–Crippen MR) is 137 cm³/mol. The van der Waals surface area contributed by atoms with Gasteiger partial charge >= 0.3 is 5.97 Å². The van der Waals surface area contributed by atoms with Crippen LogP contribution in [0.3, 0.4) is 0 Å². The van der Waals surface area contributed by atoms with Crippen LogP contribution in [0.5, 0.6) is 17.2 Å². The van der Waals surface area contributed by atoms with E-state index in [4.69, 9.17) is 14.2 Å². The number of nitrogens with one attached hydrogen (secondary N) is 2. The first-order chi connectivity index (χ1) is 17.3.